The van der Waals surface area contributed by atoms with Crippen LogP contribution in [-0.2, 0) is 22.6 Å². The summed E-state index contributed by atoms with van der Waals surface area (Å²) in [5.74, 6) is -0.323. The first-order valence-corrected chi connectivity index (χ1v) is 14.5. The van der Waals surface area contributed by atoms with Gasteiger partial charge in [0.15, 0.2) is 6.61 Å². The van der Waals surface area contributed by atoms with Crippen molar-refractivity contribution in [2.45, 2.75) is 38.4 Å². The fraction of sp³-hybridized carbons (Fsp3) is 0.387. The highest BCUT2D eigenvalue weighted by Gasteiger charge is 2.30. The number of likely N-dealkylation sites (tertiary alicyclic amines) is 1. The first kappa shape index (κ1) is 29.7. The average molecular weight is 608 g/mol. The van der Waals surface area contributed by atoms with Gasteiger partial charge in [0.1, 0.15) is 5.82 Å². The summed E-state index contributed by atoms with van der Waals surface area (Å²) in [5, 5.41) is 7.06. The zero-order chi connectivity index (χ0) is 30.6. The maximum absolute atomic E-state index is 15.5. The van der Waals surface area contributed by atoms with E-state index >= 15 is 4.39 Å². The second-order valence-electron chi connectivity index (χ2n) is 11.0. The zero-order valence-corrected chi connectivity index (χ0v) is 24.0. The normalized spacial score (nSPS) is 16.9. The fourth-order valence-corrected chi connectivity index (χ4v) is 5.78. The Balaban J connectivity index is 1.32. The van der Waals surface area contributed by atoms with Crippen molar-refractivity contribution in [1.82, 2.24) is 24.0 Å². The number of imidazole rings is 1. The van der Waals surface area contributed by atoms with Crippen LogP contribution in [0.3, 0.4) is 0 Å². The van der Waals surface area contributed by atoms with Gasteiger partial charge in [0.25, 0.3) is 6.43 Å². The highest BCUT2D eigenvalue weighted by Crippen LogP contribution is 2.29. The number of fused-ring (bicyclic) bond motifs is 1. The minimum Gasteiger partial charge on any atom is -0.470 e. The molecule has 0 atom stereocenters. The van der Waals surface area contributed by atoms with Crippen LogP contribution in [0.5, 0.6) is 0 Å². The van der Waals surface area contributed by atoms with Crippen molar-refractivity contribution in [3.05, 3.63) is 82.5 Å². The molecule has 0 N–H and O–H groups in total. The number of benzene rings is 1. The number of aromatic nitrogens is 4. The Hall–Kier alpha value is -4.36. The molecule has 2 aliphatic heterocycles. The predicted octanol–water partition coefficient (Wildman–Crippen LogP) is 4.20. The van der Waals surface area contributed by atoms with Crippen LogP contribution in [0.2, 0.25) is 0 Å². The number of halogens is 3. The van der Waals surface area contributed by atoms with Crippen molar-refractivity contribution in [2.75, 3.05) is 32.9 Å². The van der Waals surface area contributed by atoms with Crippen molar-refractivity contribution < 1.29 is 22.6 Å². The molecule has 0 saturated carbocycles. The predicted molar refractivity (Wildman–Crippen MR) is 160 cm³/mol. The largest absolute Gasteiger partial charge is 0.470 e. The van der Waals surface area contributed by atoms with Crippen molar-refractivity contribution in [2.24, 2.45) is 16.1 Å². The molecule has 230 valence electrons. The smallest absolute Gasteiger partial charge is 0.329 e. The number of pyridine rings is 2. The van der Waals surface area contributed by atoms with E-state index in [-0.39, 0.29) is 24.1 Å². The minimum absolute atomic E-state index is 0.0679. The molecule has 3 aromatic heterocycles. The van der Waals surface area contributed by atoms with Gasteiger partial charge in [-0.05, 0) is 56.1 Å². The maximum Gasteiger partial charge on any atom is 0.329 e. The Morgan fingerprint density at radius 1 is 1.11 bits per heavy atom. The molecular weight excluding hydrogens is 575 g/mol. The maximum atomic E-state index is 15.5. The van der Waals surface area contributed by atoms with Crippen LogP contribution < -0.4 is 5.69 Å². The number of hydrogen-bond acceptors (Lipinski definition) is 8. The van der Waals surface area contributed by atoms with Crippen molar-refractivity contribution in [3.8, 4) is 11.1 Å². The fourth-order valence-electron chi connectivity index (χ4n) is 5.78. The highest BCUT2D eigenvalue weighted by atomic mass is 19.3. The number of rotatable bonds is 10. The summed E-state index contributed by atoms with van der Waals surface area (Å²) in [6.45, 7) is 6.43. The van der Waals surface area contributed by atoms with E-state index in [1.807, 2.05) is 0 Å². The van der Waals surface area contributed by atoms with E-state index in [2.05, 4.69) is 31.8 Å². The molecule has 0 spiro atoms. The molecule has 5 heterocycles. The third-order valence-corrected chi connectivity index (χ3v) is 8.21. The molecule has 0 amide bonds. The van der Waals surface area contributed by atoms with E-state index < -0.39 is 18.8 Å². The van der Waals surface area contributed by atoms with Crippen LogP contribution in [0.25, 0.3) is 22.2 Å². The van der Waals surface area contributed by atoms with Gasteiger partial charge >= 0.3 is 5.69 Å². The lowest BCUT2D eigenvalue weighted by molar-refractivity contribution is -0.0742. The molecule has 0 aliphatic carbocycles. The Morgan fingerprint density at radius 3 is 2.55 bits per heavy atom. The summed E-state index contributed by atoms with van der Waals surface area (Å²) in [7, 11) is 0. The molecule has 0 radical (unpaired) electrons. The van der Waals surface area contributed by atoms with Crippen LogP contribution in [0.15, 0.2) is 70.0 Å². The van der Waals surface area contributed by atoms with E-state index in [0.29, 0.717) is 46.0 Å². The number of piperidine rings is 1. The molecule has 1 aromatic carbocycles. The molecule has 2 fully saturated rings. The quantitative estimate of drug-likeness (QED) is 0.152. The van der Waals surface area contributed by atoms with Gasteiger partial charge < -0.3 is 9.47 Å². The van der Waals surface area contributed by atoms with Crippen LogP contribution in [0, 0.1) is 11.7 Å². The molecule has 4 aromatic rings. The van der Waals surface area contributed by atoms with E-state index in [9.17, 15) is 13.6 Å². The SMILES string of the molecule is C=N/N=C(\OCC(F)F)c1ccc(Cn2c(=O)n(CC3CCN(C4COC4)CC3)c3cc(-c4cccnc4)c(F)cc32)nc1. The first-order valence-electron chi connectivity index (χ1n) is 14.5. The van der Waals surface area contributed by atoms with Gasteiger partial charge in [0.05, 0.1) is 48.1 Å². The number of nitrogens with zero attached hydrogens (tertiary/aromatic N) is 7. The lowest BCUT2D eigenvalue weighted by Crippen LogP contribution is -2.52. The summed E-state index contributed by atoms with van der Waals surface area (Å²) < 4.78 is 54.6. The van der Waals surface area contributed by atoms with E-state index in [0.717, 1.165) is 39.1 Å². The summed E-state index contributed by atoms with van der Waals surface area (Å²) in [6, 6.07) is 10.3. The minimum atomic E-state index is -2.69. The number of hydrogen-bond donors (Lipinski definition) is 0. The van der Waals surface area contributed by atoms with Crippen LogP contribution in [-0.4, -0.2) is 82.0 Å². The number of alkyl halides is 2. The molecule has 2 aliphatic rings. The molecule has 44 heavy (non-hydrogen) atoms. The summed E-state index contributed by atoms with van der Waals surface area (Å²) in [5.41, 5.74) is 2.63. The molecule has 0 bridgehead atoms. The molecular formula is C31H32F3N7O3. The van der Waals surface area contributed by atoms with E-state index in [4.69, 9.17) is 9.47 Å². The summed E-state index contributed by atoms with van der Waals surface area (Å²) in [6.07, 6.45) is 3.83. The molecule has 10 nitrogen and oxygen atoms in total. The standard InChI is InChI=1S/C31H32F3N7O3/c1-35-38-30(44-19-29(33)34)22-4-5-23(37-14-22)16-41-28-12-26(32)25(21-3-2-8-36-13-21)11-27(28)40(31(41)42)15-20-6-9-39(10-7-20)24-17-43-18-24/h2-5,8,11-14,20,24,29H,1,6-7,9-10,15-19H2/b38-30-. The topological polar surface area (TPSA) is 99.1 Å². The van der Waals surface area contributed by atoms with Crippen LogP contribution >= 0.6 is 0 Å². The Labute approximate surface area is 251 Å². The Morgan fingerprint density at radius 2 is 1.91 bits per heavy atom. The zero-order valence-electron chi connectivity index (χ0n) is 24.0. The second kappa shape index (κ2) is 13.1. The Bertz CT molecular complexity index is 1690. The van der Waals surface area contributed by atoms with Crippen molar-refractivity contribution in [1.29, 1.82) is 0 Å². The highest BCUT2D eigenvalue weighted by molar-refractivity contribution is 5.93. The third kappa shape index (κ3) is 6.29. The van der Waals surface area contributed by atoms with Gasteiger partial charge in [-0.3, -0.25) is 24.0 Å². The van der Waals surface area contributed by atoms with Gasteiger partial charge in [0, 0.05) is 49.0 Å². The molecule has 0 unspecified atom stereocenters. The van der Waals surface area contributed by atoms with E-state index in [1.165, 1.54) is 16.8 Å². The Kier molecular flexibility index (Phi) is 8.84. The van der Waals surface area contributed by atoms with Crippen LogP contribution in [0.4, 0.5) is 13.2 Å². The lowest BCUT2D eigenvalue weighted by Gasteiger charge is -2.41. The van der Waals surface area contributed by atoms with Gasteiger partial charge in [-0.15, -0.1) is 5.10 Å². The van der Waals surface area contributed by atoms with Crippen LogP contribution in [0.1, 0.15) is 24.1 Å². The molecule has 2 saturated heterocycles. The monoisotopic (exact) mass is 607 g/mol. The van der Waals surface area contributed by atoms with Gasteiger partial charge in [-0.25, -0.2) is 18.0 Å². The van der Waals surface area contributed by atoms with Crippen molar-refractivity contribution in [3.63, 3.8) is 0 Å². The summed E-state index contributed by atoms with van der Waals surface area (Å²) >= 11 is 0. The number of ether oxygens (including phenoxy) is 2. The van der Waals surface area contributed by atoms with E-state index in [1.54, 1.807) is 47.3 Å². The van der Waals surface area contributed by atoms with Gasteiger partial charge in [-0.2, -0.15) is 5.10 Å². The average Bonchev–Trinajstić information content (AvgIpc) is 3.24. The lowest BCUT2D eigenvalue weighted by atomic mass is 9.95. The van der Waals surface area contributed by atoms with Crippen molar-refractivity contribution >= 4 is 23.6 Å². The first-order chi connectivity index (χ1) is 21.4. The third-order valence-electron chi connectivity index (χ3n) is 8.21. The summed E-state index contributed by atoms with van der Waals surface area (Å²) in [4.78, 5) is 25.0. The van der Waals surface area contributed by atoms with Gasteiger partial charge in [-0.1, -0.05) is 6.07 Å². The van der Waals surface area contributed by atoms with Gasteiger partial charge in [0.2, 0.25) is 5.90 Å². The molecule has 6 rings (SSSR count). The molecule has 13 heteroatoms. The second-order valence-corrected chi connectivity index (χ2v) is 11.0.